The van der Waals surface area contributed by atoms with Crippen molar-refractivity contribution in [2.24, 2.45) is 0 Å². The van der Waals surface area contributed by atoms with Gasteiger partial charge < -0.3 is 10.2 Å². The predicted octanol–water partition coefficient (Wildman–Crippen LogP) is -0.236. The van der Waals surface area contributed by atoms with Crippen LogP contribution in [-0.4, -0.2) is 36.6 Å². The zero-order valence-corrected chi connectivity index (χ0v) is 10.8. The minimum absolute atomic E-state index is 0.167. The van der Waals surface area contributed by atoms with E-state index in [9.17, 15) is 18.0 Å². The molecule has 0 amide bonds. The fourth-order valence-electron chi connectivity index (χ4n) is 1.40. The van der Waals surface area contributed by atoms with Crippen LogP contribution < -0.4 is 4.72 Å². The Balaban J connectivity index is 3.14. The molecule has 8 nitrogen and oxygen atoms in total. The number of nitriles is 1. The summed E-state index contributed by atoms with van der Waals surface area (Å²) in [6, 6.07) is 5.03. The van der Waals surface area contributed by atoms with Crippen LogP contribution in [0.15, 0.2) is 29.2 Å². The third-order valence-corrected chi connectivity index (χ3v) is 3.80. The van der Waals surface area contributed by atoms with Crippen LogP contribution in [0.5, 0.6) is 0 Å². The van der Waals surface area contributed by atoms with Crippen molar-refractivity contribution in [2.75, 3.05) is 0 Å². The standard InChI is InChI=1S/C11H10N2O6S/c12-6-7-3-1-2-4-9(7)20(18,19)13-8(11(16)17)5-10(14)15/h1-4,8,13H,5H2,(H,14,15)(H,16,17)/t8-/m0/s1. The maximum Gasteiger partial charge on any atom is 0.322 e. The van der Waals surface area contributed by atoms with Gasteiger partial charge >= 0.3 is 11.9 Å². The Hall–Kier alpha value is -2.44. The van der Waals surface area contributed by atoms with Gasteiger partial charge in [-0.1, -0.05) is 12.1 Å². The lowest BCUT2D eigenvalue weighted by molar-refractivity contribution is -0.145. The normalized spacial score (nSPS) is 12.3. The molecule has 1 aromatic rings. The summed E-state index contributed by atoms with van der Waals surface area (Å²) in [5.41, 5.74) is -0.167. The first-order valence-electron chi connectivity index (χ1n) is 5.24. The van der Waals surface area contributed by atoms with Crippen LogP contribution in [0, 0.1) is 11.3 Å². The number of sulfonamides is 1. The van der Waals surface area contributed by atoms with Crippen LogP contribution in [0.25, 0.3) is 0 Å². The van der Waals surface area contributed by atoms with Crippen LogP contribution in [0.3, 0.4) is 0 Å². The van der Waals surface area contributed by atoms with Gasteiger partial charge in [0.15, 0.2) is 0 Å². The first kappa shape index (κ1) is 15.6. The van der Waals surface area contributed by atoms with E-state index >= 15 is 0 Å². The van der Waals surface area contributed by atoms with Gasteiger partial charge in [-0.3, -0.25) is 9.59 Å². The van der Waals surface area contributed by atoms with Crippen LogP contribution in [0.2, 0.25) is 0 Å². The maximum atomic E-state index is 12.0. The Morgan fingerprint density at radius 2 is 1.90 bits per heavy atom. The van der Waals surface area contributed by atoms with E-state index in [-0.39, 0.29) is 5.56 Å². The second-order valence-corrected chi connectivity index (χ2v) is 5.40. The molecular formula is C11H10N2O6S. The van der Waals surface area contributed by atoms with Crippen LogP contribution >= 0.6 is 0 Å². The molecule has 0 aliphatic carbocycles. The van der Waals surface area contributed by atoms with Crippen molar-refractivity contribution in [2.45, 2.75) is 17.4 Å². The molecular weight excluding hydrogens is 288 g/mol. The number of nitrogens with one attached hydrogen (secondary N) is 1. The molecule has 0 fully saturated rings. The topological polar surface area (TPSA) is 145 Å². The molecule has 20 heavy (non-hydrogen) atoms. The van der Waals surface area contributed by atoms with E-state index in [0.717, 1.165) is 6.07 Å². The van der Waals surface area contributed by atoms with E-state index in [1.54, 1.807) is 10.8 Å². The summed E-state index contributed by atoms with van der Waals surface area (Å²) in [5.74, 6) is -3.08. The van der Waals surface area contributed by atoms with E-state index in [4.69, 9.17) is 15.5 Å². The van der Waals surface area contributed by atoms with Crippen molar-refractivity contribution < 1.29 is 28.2 Å². The minimum atomic E-state index is -4.31. The Morgan fingerprint density at radius 3 is 2.40 bits per heavy atom. The lowest BCUT2D eigenvalue weighted by atomic mass is 10.2. The molecule has 0 bridgehead atoms. The zero-order valence-electron chi connectivity index (χ0n) is 9.98. The molecule has 0 heterocycles. The number of nitrogens with zero attached hydrogens (tertiary/aromatic N) is 1. The lowest BCUT2D eigenvalue weighted by Crippen LogP contribution is -2.42. The summed E-state index contributed by atoms with van der Waals surface area (Å²) >= 11 is 0. The lowest BCUT2D eigenvalue weighted by Gasteiger charge is -2.13. The van der Waals surface area contributed by atoms with Crippen molar-refractivity contribution in [1.29, 1.82) is 5.26 Å². The molecule has 0 aromatic heterocycles. The average Bonchev–Trinajstić information content (AvgIpc) is 2.37. The summed E-state index contributed by atoms with van der Waals surface area (Å²) in [6.45, 7) is 0. The summed E-state index contributed by atoms with van der Waals surface area (Å²) < 4.78 is 25.7. The molecule has 0 saturated heterocycles. The van der Waals surface area contributed by atoms with Gasteiger partial charge in [0.2, 0.25) is 10.0 Å². The molecule has 0 unspecified atom stereocenters. The highest BCUT2D eigenvalue weighted by Crippen LogP contribution is 2.15. The van der Waals surface area contributed by atoms with E-state index in [1.807, 2.05) is 0 Å². The second-order valence-electron chi connectivity index (χ2n) is 3.72. The molecule has 9 heteroatoms. The Morgan fingerprint density at radius 1 is 1.30 bits per heavy atom. The van der Waals surface area contributed by atoms with Crippen molar-refractivity contribution in [3.05, 3.63) is 29.8 Å². The molecule has 3 N–H and O–H groups in total. The third kappa shape index (κ3) is 3.78. The van der Waals surface area contributed by atoms with Crippen LogP contribution in [0.4, 0.5) is 0 Å². The predicted molar refractivity (Wildman–Crippen MR) is 65.2 cm³/mol. The van der Waals surface area contributed by atoms with Gasteiger partial charge in [0.05, 0.1) is 16.9 Å². The van der Waals surface area contributed by atoms with Crippen molar-refractivity contribution in [3.63, 3.8) is 0 Å². The molecule has 106 valence electrons. The summed E-state index contributed by atoms with van der Waals surface area (Å²) in [4.78, 5) is 20.9. The van der Waals surface area contributed by atoms with E-state index in [1.165, 1.54) is 18.2 Å². The number of aliphatic carboxylic acids is 2. The monoisotopic (exact) mass is 298 g/mol. The number of carboxylic acids is 2. The Labute approximate surface area is 114 Å². The van der Waals surface area contributed by atoms with Crippen molar-refractivity contribution in [1.82, 2.24) is 4.72 Å². The number of rotatable bonds is 6. The summed E-state index contributed by atoms with van der Waals surface area (Å²) in [5, 5.41) is 26.2. The van der Waals surface area contributed by atoms with Gasteiger partial charge in [-0.25, -0.2) is 8.42 Å². The summed E-state index contributed by atoms with van der Waals surface area (Å²) in [7, 11) is -4.31. The SMILES string of the molecule is N#Cc1ccccc1S(=O)(=O)N[C@@H](CC(=O)O)C(=O)O. The number of carbonyl (C=O) groups is 2. The van der Waals surface area contributed by atoms with Gasteiger partial charge in [0.1, 0.15) is 12.1 Å². The average molecular weight is 298 g/mol. The maximum absolute atomic E-state index is 12.0. The quantitative estimate of drug-likeness (QED) is 0.657. The Bertz CT molecular complexity index is 676. The van der Waals surface area contributed by atoms with Gasteiger partial charge in [-0.15, -0.1) is 0 Å². The van der Waals surface area contributed by atoms with Gasteiger partial charge in [-0.2, -0.15) is 9.98 Å². The zero-order chi connectivity index (χ0) is 15.3. The fourth-order valence-corrected chi connectivity index (χ4v) is 2.74. The number of benzene rings is 1. The molecule has 1 rings (SSSR count). The van der Waals surface area contributed by atoms with E-state index < -0.39 is 39.3 Å². The highest BCUT2D eigenvalue weighted by atomic mass is 32.2. The molecule has 1 atom stereocenters. The first-order valence-corrected chi connectivity index (χ1v) is 6.72. The molecule has 0 aliphatic heterocycles. The molecule has 1 aromatic carbocycles. The van der Waals surface area contributed by atoms with Crippen molar-refractivity contribution >= 4 is 22.0 Å². The molecule has 0 radical (unpaired) electrons. The van der Waals surface area contributed by atoms with Gasteiger partial charge in [0, 0.05) is 0 Å². The fraction of sp³-hybridized carbons (Fsp3) is 0.182. The van der Waals surface area contributed by atoms with Crippen LogP contribution in [-0.2, 0) is 19.6 Å². The van der Waals surface area contributed by atoms with Gasteiger partial charge in [0.25, 0.3) is 0 Å². The highest BCUT2D eigenvalue weighted by molar-refractivity contribution is 7.89. The molecule has 0 saturated carbocycles. The first-order chi connectivity index (χ1) is 9.27. The summed E-state index contributed by atoms with van der Waals surface area (Å²) in [6.07, 6.45) is -0.913. The van der Waals surface area contributed by atoms with E-state index in [0.29, 0.717) is 0 Å². The molecule has 0 spiro atoms. The number of carboxylic acid groups (broad SMARTS) is 2. The third-order valence-electron chi connectivity index (χ3n) is 2.27. The largest absolute Gasteiger partial charge is 0.481 e. The Kier molecular flexibility index (Phi) is 4.79. The number of hydrogen-bond donors (Lipinski definition) is 3. The smallest absolute Gasteiger partial charge is 0.322 e. The minimum Gasteiger partial charge on any atom is -0.481 e. The van der Waals surface area contributed by atoms with E-state index in [2.05, 4.69) is 0 Å². The highest BCUT2D eigenvalue weighted by Gasteiger charge is 2.28. The number of hydrogen-bond acceptors (Lipinski definition) is 5. The van der Waals surface area contributed by atoms with Gasteiger partial charge in [-0.05, 0) is 12.1 Å². The van der Waals surface area contributed by atoms with Crippen molar-refractivity contribution in [3.8, 4) is 6.07 Å². The second kappa shape index (κ2) is 6.14. The van der Waals surface area contributed by atoms with Crippen LogP contribution in [0.1, 0.15) is 12.0 Å². The molecule has 0 aliphatic rings.